The van der Waals surface area contributed by atoms with E-state index in [1.165, 1.54) is 12.1 Å². The second-order valence-corrected chi connectivity index (χ2v) is 3.30. The Morgan fingerprint density at radius 3 is 2.47 bits per heavy atom. The first-order valence-electron chi connectivity index (χ1n) is 4.41. The molecule has 1 rings (SSSR count). The summed E-state index contributed by atoms with van der Waals surface area (Å²) in [6, 6.07) is 6.12. The van der Waals surface area contributed by atoms with Crippen molar-refractivity contribution in [2.24, 2.45) is 5.10 Å². The van der Waals surface area contributed by atoms with Crippen LogP contribution in [0.1, 0.15) is 12.5 Å². The third kappa shape index (κ3) is 3.63. The van der Waals surface area contributed by atoms with Crippen LogP contribution in [0.2, 0.25) is 0 Å². The Hall–Kier alpha value is -1.49. The van der Waals surface area contributed by atoms with E-state index in [1.807, 2.05) is 6.92 Å². The van der Waals surface area contributed by atoms with Crippen molar-refractivity contribution < 1.29 is 4.39 Å². The molecule has 0 heterocycles. The van der Waals surface area contributed by atoms with Crippen molar-refractivity contribution in [2.75, 3.05) is 7.05 Å². The van der Waals surface area contributed by atoms with Gasteiger partial charge in [0.1, 0.15) is 5.82 Å². The van der Waals surface area contributed by atoms with Gasteiger partial charge in [-0.2, -0.15) is 5.10 Å². The fourth-order valence-electron chi connectivity index (χ4n) is 0.946. The van der Waals surface area contributed by atoms with Gasteiger partial charge < -0.3 is 5.32 Å². The van der Waals surface area contributed by atoms with Gasteiger partial charge in [-0.15, -0.1) is 0 Å². The summed E-state index contributed by atoms with van der Waals surface area (Å²) in [6.45, 7) is 1.82. The number of hydrogen-bond acceptors (Lipinski definition) is 2. The highest BCUT2D eigenvalue weighted by atomic mass is 32.1. The molecule has 1 aromatic carbocycles. The lowest BCUT2D eigenvalue weighted by atomic mass is 10.1. The van der Waals surface area contributed by atoms with E-state index in [0.29, 0.717) is 5.11 Å². The Morgan fingerprint density at radius 2 is 1.93 bits per heavy atom. The van der Waals surface area contributed by atoms with Crippen molar-refractivity contribution in [3.63, 3.8) is 0 Å². The van der Waals surface area contributed by atoms with Crippen molar-refractivity contribution in [1.29, 1.82) is 0 Å². The molecule has 0 aromatic heterocycles. The summed E-state index contributed by atoms with van der Waals surface area (Å²) in [4.78, 5) is 0. The molecule has 0 saturated heterocycles. The van der Waals surface area contributed by atoms with Gasteiger partial charge in [-0.3, -0.25) is 5.43 Å². The Kier molecular flexibility index (Phi) is 4.17. The van der Waals surface area contributed by atoms with Crippen LogP contribution < -0.4 is 10.7 Å². The van der Waals surface area contributed by atoms with E-state index < -0.39 is 0 Å². The first kappa shape index (κ1) is 11.6. The zero-order chi connectivity index (χ0) is 11.3. The highest BCUT2D eigenvalue weighted by molar-refractivity contribution is 7.80. The predicted molar refractivity (Wildman–Crippen MR) is 63.4 cm³/mol. The molecule has 0 bridgehead atoms. The van der Waals surface area contributed by atoms with E-state index >= 15 is 0 Å². The van der Waals surface area contributed by atoms with E-state index in [1.54, 1.807) is 19.2 Å². The van der Waals surface area contributed by atoms with Gasteiger partial charge in [0.05, 0.1) is 5.71 Å². The van der Waals surface area contributed by atoms with Crippen LogP contribution in [-0.2, 0) is 0 Å². The molecular weight excluding hydrogens is 213 g/mol. The summed E-state index contributed by atoms with van der Waals surface area (Å²) in [5.41, 5.74) is 4.25. The van der Waals surface area contributed by atoms with Gasteiger partial charge in [-0.05, 0) is 36.8 Å². The SMILES string of the molecule is CNC(=S)NN=C(C)c1ccc(F)cc1. The van der Waals surface area contributed by atoms with Gasteiger partial charge in [0.15, 0.2) is 5.11 Å². The number of benzene rings is 1. The van der Waals surface area contributed by atoms with Gasteiger partial charge in [0.2, 0.25) is 0 Å². The molecule has 3 nitrogen and oxygen atoms in total. The minimum Gasteiger partial charge on any atom is -0.364 e. The van der Waals surface area contributed by atoms with Crippen LogP contribution in [0.15, 0.2) is 29.4 Å². The van der Waals surface area contributed by atoms with E-state index in [4.69, 9.17) is 12.2 Å². The van der Waals surface area contributed by atoms with Crippen molar-refractivity contribution in [3.05, 3.63) is 35.6 Å². The fraction of sp³-hybridized carbons (Fsp3) is 0.200. The summed E-state index contributed by atoms with van der Waals surface area (Å²) in [7, 11) is 1.71. The maximum Gasteiger partial charge on any atom is 0.186 e. The van der Waals surface area contributed by atoms with Crippen LogP contribution in [0.5, 0.6) is 0 Å². The number of rotatable bonds is 2. The lowest BCUT2D eigenvalue weighted by Gasteiger charge is -2.03. The summed E-state index contributed by atoms with van der Waals surface area (Å²) >= 11 is 4.86. The maximum atomic E-state index is 12.6. The third-order valence-corrected chi connectivity index (χ3v) is 2.11. The van der Waals surface area contributed by atoms with Crippen molar-refractivity contribution in [1.82, 2.24) is 10.7 Å². The van der Waals surface area contributed by atoms with Crippen molar-refractivity contribution in [3.8, 4) is 0 Å². The van der Waals surface area contributed by atoms with Gasteiger partial charge in [-0.1, -0.05) is 12.1 Å². The topological polar surface area (TPSA) is 36.4 Å². The normalized spacial score (nSPS) is 11.0. The lowest BCUT2D eigenvalue weighted by Crippen LogP contribution is -2.29. The first-order chi connectivity index (χ1) is 7.13. The van der Waals surface area contributed by atoms with Crippen LogP contribution in [0.3, 0.4) is 0 Å². The number of halogens is 1. The minimum atomic E-state index is -0.259. The maximum absolute atomic E-state index is 12.6. The average Bonchev–Trinajstić information content (AvgIpc) is 2.26. The Bertz CT molecular complexity index is 373. The molecule has 0 unspecified atom stereocenters. The molecule has 0 fully saturated rings. The molecule has 0 aliphatic heterocycles. The molecule has 5 heteroatoms. The Morgan fingerprint density at radius 1 is 1.33 bits per heavy atom. The van der Waals surface area contributed by atoms with E-state index in [0.717, 1.165) is 11.3 Å². The van der Waals surface area contributed by atoms with Gasteiger partial charge >= 0.3 is 0 Å². The van der Waals surface area contributed by atoms with E-state index in [-0.39, 0.29) is 5.82 Å². The summed E-state index contributed by atoms with van der Waals surface area (Å²) in [6.07, 6.45) is 0. The summed E-state index contributed by atoms with van der Waals surface area (Å²) in [5, 5.41) is 7.21. The number of thiocarbonyl (C=S) groups is 1. The standard InChI is InChI=1S/C10H12FN3S/c1-7(13-14-10(15)12-2)8-3-5-9(11)6-4-8/h3-6H,1-2H3,(H2,12,14,15). The number of nitrogens with one attached hydrogen (secondary N) is 2. The number of hydrogen-bond donors (Lipinski definition) is 2. The highest BCUT2D eigenvalue weighted by Gasteiger charge is 1.97. The molecule has 0 radical (unpaired) electrons. The molecule has 0 atom stereocenters. The molecule has 0 saturated carbocycles. The minimum absolute atomic E-state index is 0.259. The molecule has 1 aromatic rings. The summed E-state index contributed by atoms with van der Waals surface area (Å²) in [5.74, 6) is -0.259. The number of nitrogens with zero attached hydrogens (tertiary/aromatic N) is 1. The Labute approximate surface area is 93.4 Å². The van der Waals surface area contributed by atoms with Crippen molar-refractivity contribution in [2.45, 2.75) is 6.92 Å². The summed E-state index contributed by atoms with van der Waals surface area (Å²) < 4.78 is 12.6. The zero-order valence-corrected chi connectivity index (χ0v) is 9.36. The second kappa shape index (κ2) is 5.41. The molecule has 0 amide bonds. The van der Waals surface area contributed by atoms with Crippen LogP contribution in [0.4, 0.5) is 4.39 Å². The third-order valence-electron chi connectivity index (χ3n) is 1.81. The van der Waals surface area contributed by atoms with E-state index in [2.05, 4.69) is 15.8 Å². The molecule has 0 aliphatic rings. The molecule has 0 spiro atoms. The molecule has 2 N–H and O–H groups in total. The second-order valence-electron chi connectivity index (χ2n) is 2.90. The molecular formula is C10H12FN3S. The van der Waals surface area contributed by atoms with Crippen molar-refractivity contribution >= 4 is 23.0 Å². The molecule has 15 heavy (non-hydrogen) atoms. The van der Waals surface area contributed by atoms with Crippen LogP contribution >= 0.6 is 12.2 Å². The average molecular weight is 225 g/mol. The van der Waals surface area contributed by atoms with E-state index in [9.17, 15) is 4.39 Å². The largest absolute Gasteiger partial charge is 0.364 e. The highest BCUT2D eigenvalue weighted by Crippen LogP contribution is 2.03. The van der Waals surface area contributed by atoms with Crippen LogP contribution in [-0.4, -0.2) is 17.9 Å². The van der Waals surface area contributed by atoms with Crippen LogP contribution in [0.25, 0.3) is 0 Å². The van der Waals surface area contributed by atoms with Crippen LogP contribution in [0, 0.1) is 5.82 Å². The zero-order valence-electron chi connectivity index (χ0n) is 8.54. The lowest BCUT2D eigenvalue weighted by molar-refractivity contribution is 0.628. The monoisotopic (exact) mass is 225 g/mol. The fourth-order valence-corrected chi connectivity index (χ4v) is 0.992. The molecule has 0 aliphatic carbocycles. The van der Waals surface area contributed by atoms with Gasteiger partial charge in [-0.25, -0.2) is 4.39 Å². The predicted octanol–water partition coefficient (Wildman–Crippen LogP) is 1.64. The van der Waals surface area contributed by atoms with Gasteiger partial charge in [0, 0.05) is 7.05 Å². The first-order valence-corrected chi connectivity index (χ1v) is 4.82. The molecule has 80 valence electrons. The Balaban J connectivity index is 2.71. The number of hydrazone groups is 1. The quantitative estimate of drug-likeness (QED) is 0.456. The smallest absolute Gasteiger partial charge is 0.186 e. The van der Waals surface area contributed by atoms with Gasteiger partial charge in [0.25, 0.3) is 0 Å².